The molecular formula is C17H28N2O. The molecule has 1 aromatic carbocycles. The number of rotatable bonds is 4. The molecule has 1 aliphatic rings. The van der Waals surface area contributed by atoms with Crippen LogP contribution in [0.25, 0.3) is 0 Å². The van der Waals surface area contributed by atoms with E-state index in [1.54, 1.807) is 0 Å². The molecule has 0 spiro atoms. The second-order valence-corrected chi connectivity index (χ2v) is 6.41. The zero-order valence-electron chi connectivity index (χ0n) is 13.4. The molecule has 0 amide bonds. The van der Waals surface area contributed by atoms with Crippen molar-refractivity contribution in [1.29, 1.82) is 0 Å². The summed E-state index contributed by atoms with van der Waals surface area (Å²) < 4.78 is 6.02. The number of benzene rings is 1. The lowest BCUT2D eigenvalue weighted by atomic mass is 10.0. The minimum absolute atomic E-state index is 0.0911. The summed E-state index contributed by atoms with van der Waals surface area (Å²) in [7, 11) is 0. The van der Waals surface area contributed by atoms with E-state index >= 15 is 0 Å². The zero-order chi connectivity index (χ0) is 14.8. The highest BCUT2D eigenvalue weighted by atomic mass is 16.5. The van der Waals surface area contributed by atoms with Crippen molar-refractivity contribution in [3.63, 3.8) is 0 Å². The van der Waals surface area contributed by atoms with Crippen LogP contribution in [0.1, 0.15) is 46.2 Å². The number of morpholine rings is 1. The summed E-state index contributed by atoms with van der Waals surface area (Å²) in [5, 5.41) is 3.52. The smallest absolute Gasteiger partial charge is 0.0805 e. The number of anilines is 1. The van der Waals surface area contributed by atoms with Crippen molar-refractivity contribution in [1.82, 2.24) is 5.32 Å². The van der Waals surface area contributed by atoms with E-state index in [0.717, 1.165) is 19.6 Å². The standard InChI is InChI=1S/C17H28N2O/c1-6-18-14(3)15-9-7-8-10-16(15)19-11-13(2)20-17(4,5)12-19/h7-10,13-14,18H,6,11-12H2,1-5H3. The minimum Gasteiger partial charge on any atom is -0.369 e. The van der Waals surface area contributed by atoms with E-state index in [4.69, 9.17) is 4.74 Å². The largest absolute Gasteiger partial charge is 0.369 e. The van der Waals surface area contributed by atoms with E-state index in [1.165, 1.54) is 11.3 Å². The van der Waals surface area contributed by atoms with Crippen LogP contribution in [-0.2, 0) is 4.74 Å². The van der Waals surface area contributed by atoms with Crippen LogP contribution >= 0.6 is 0 Å². The van der Waals surface area contributed by atoms with Gasteiger partial charge in [-0.3, -0.25) is 0 Å². The van der Waals surface area contributed by atoms with Crippen LogP contribution in [0.3, 0.4) is 0 Å². The van der Waals surface area contributed by atoms with Gasteiger partial charge in [-0.1, -0.05) is 25.1 Å². The van der Waals surface area contributed by atoms with E-state index < -0.39 is 0 Å². The molecule has 1 aliphatic heterocycles. The molecule has 3 nitrogen and oxygen atoms in total. The summed E-state index contributed by atoms with van der Waals surface area (Å²) >= 11 is 0. The quantitative estimate of drug-likeness (QED) is 0.912. The monoisotopic (exact) mass is 276 g/mol. The lowest BCUT2D eigenvalue weighted by molar-refractivity contribution is -0.0750. The second-order valence-electron chi connectivity index (χ2n) is 6.41. The van der Waals surface area contributed by atoms with Gasteiger partial charge in [0.25, 0.3) is 0 Å². The van der Waals surface area contributed by atoms with E-state index in [9.17, 15) is 0 Å². The van der Waals surface area contributed by atoms with Gasteiger partial charge < -0.3 is 15.0 Å². The molecule has 1 saturated heterocycles. The first-order valence-electron chi connectivity index (χ1n) is 7.68. The van der Waals surface area contributed by atoms with Crippen molar-refractivity contribution in [2.45, 2.75) is 52.4 Å². The van der Waals surface area contributed by atoms with Gasteiger partial charge in [-0.25, -0.2) is 0 Å². The van der Waals surface area contributed by atoms with Crippen molar-refractivity contribution in [3.05, 3.63) is 29.8 Å². The molecule has 0 bridgehead atoms. The Morgan fingerprint density at radius 1 is 1.40 bits per heavy atom. The Hall–Kier alpha value is -1.06. The third-order valence-electron chi connectivity index (χ3n) is 3.82. The Kier molecular flexibility index (Phi) is 4.71. The van der Waals surface area contributed by atoms with Gasteiger partial charge in [0, 0.05) is 24.8 Å². The van der Waals surface area contributed by atoms with Gasteiger partial charge in [-0.15, -0.1) is 0 Å². The number of nitrogens with zero attached hydrogens (tertiary/aromatic N) is 1. The maximum absolute atomic E-state index is 6.02. The number of hydrogen-bond acceptors (Lipinski definition) is 3. The van der Waals surface area contributed by atoms with E-state index in [1.807, 2.05) is 0 Å². The predicted octanol–water partition coefficient (Wildman–Crippen LogP) is 3.36. The van der Waals surface area contributed by atoms with Gasteiger partial charge in [0.15, 0.2) is 0 Å². The molecule has 2 rings (SSSR count). The predicted molar refractivity (Wildman–Crippen MR) is 85.4 cm³/mol. The second kappa shape index (κ2) is 6.15. The Morgan fingerprint density at radius 3 is 2.75 bits per heavy atom. The van der Waals surface area contributed by atoms with Crippen molar-refractivity contribution in [2.24, 2.45) is 0 Å². The molecule has 1 N–H and O–H groups in total. The van der Waals surface area contributed by atoms with Gasteiger partial charge in [-0.2, -0.15) is 0 Å². The summed E-state index contributed by atoms with van der Waals surface area (Å²) in [6.07, 6.45) is 0.265. The molecule has 1 fully saturated rings. The molecule has 1 aromatic rings. The summed E-state index contributed by atoms with van der Waals surface area (Å²) in [5.74, 6) is 0. The Labute approximate surface area is 123 Å². The van der Waals surface area contributed by atoms with Gasteiger partial charge in [0.05, 0.1) is 11.7 Å². The SMILES string of the molecule is CCNC(C)c1ccccc1N1CC(C)OC(C)(C)C1. The number of para-hydroxylation sites is 1. The Balaban J connectivity index is 2.28. The highest BCUT2D eigenvalue weighted by Crippen LogP contribution is 2.31. The molecule has 2 unspecified atom stereocenters. The van der Waals surface area contributed by atoms with Crippen LogP contribution in [-0.4, -0.2) is 31.3 Å². The molecule has 0 aromatic heterocycles. The highest BCUT2D eigenvalue weighted by molar-refractivity contribution is 5.55. The molecule has 0 radical (unpaired) electrons. The first kappa shape index (κ1) is 15.3. The van der Waals surface area contributed by atoms with Crippen LogP contribution in [0, 0.1) is 0 Å². The van der Waals surface area contributed by atoms with Crippen molar-refractivity contribution >= 4 is 5.69 Å². The van der Waals surface area contributed by atoms with Crippen molar-refractivity contribution in [3.8, 4) is 0 Å². The molecule has 112 valence electrons. The highest BCUT2D eigenvalue weighted by Gasteiger charge is 2.32. The van der Waals surface area contributed by atoms with Crippen LogP contribution in [0.2, 0.25) is 0 Å². The van der Waals surface area contributed by atoms with Gasteiger partial charge in [0.1, 0.15) is 0 Å². The summed E-state index contributed by atoms with van der Waals surface area (Å²) in [6.45, 7) is 13.8. The van der Waals surface area contributed by atoms with Crippen LogP contribution in [0.4, 0.5) is 5.69 Å². The molecule has 3 heteroatoms. The molecule has 0 saturated carbocycles. The topological polar surface area (TPSA) is 24.5 Å². The van der Waals surface area contributed by atoms with E-state index in [-0.39, 0.29) is 11.7 Å². The molecule has 1 heterocycles. The third kappa shape index (κ3) is 3.53. The fourth-order valence-corrected chi connectivity index (χ4v) is 3.20. The molecule has 20 heavy (non-hydrogen) atoms. The number of ether oxygens (including phenoxy) is 1. The van der Waals surface area contributed by atoms with Crippen LogP contribution < -0.4 is 10.2 Å². The molecule has 0 aliphatic carbocycles. The maximum Gasteiger partial charge on any atom is 0.0805 e. The van der Waals surface area contributed by atoms with E-state index in [0.29, 0.717) is 6.04 Å². The Bertz CT molecular complexity index is 444. The van der Waals surface area contributed by atoms with Crippen LogP contribution in [0.5, 0.6) is 0 Å². The van der Waals surface area contributed by atoms with Crippen LogP contribution in [0.15, 0.2) is 24.3 Å². The summed E-state index contributed by atoms with van der Waals surface area (Å²) in [5.41, 5.74) is 2.62. The minimum atomic E-state index is -0.0911. The lowest BCUT2D eigenvalue weighted by Crippen LogP contribution is -2.52. The van der Waals surface area contributed by atoms with Gasteiger partial charge in [0.2, 0.25) is 0 Å². The number of hydrogen-bond donors (Lipinski definition) is 1. The Morgan fingerprint density at radius 2 is 2.10 bits per heavy atom. The third-order valence-corrected chi connectivity index (χ3v) is 3.82. The van der Waals surface area contributed by atoms with Crippen molar-refractivity contribution in [2.75, 3.05) is 24.5 Å². The fourth-order valence-electron chi connectivity index (χ4n) is 3.20. The lowest BCUT2D eigenvalue weighted by Gasteiger charge is -2.43. The fraction of sp³-hybridized carbons (Fsp3) is 0.647. The average Bonchev–Trinajstić information content (AvgIpc) is 2.36. The summed E-state index contributed by atoms with van der Waals surface area (Å²) in [4.78, 5) is 2.47. The van der Waals surface area contributed by atoms with Gasteiger partial charge >= 0.3 is 0 Å². The first-order chi connectivity index (χ1) is 9.43. The summed E-state index contributed by atoms with van der Waals surface area (Å²) in [6, 6.07) is 9.09. The molecular weight excluding hydrogens is 248 g/mol. The number of nitrogens with one attached hydrogen (secondary N) is 1. The molecule has 2 atom stereocenters. The zero-order valence-corrected chi connectivity index (χ0v) is 13.4. The van der Waals surface area contributed by atoms with Gasteiger partial charge in [-0.05, 0) is 45.9 Å². The normalized spacial score (nSPS) is 23.6. The first-order valence-corrected chi connectivity index (χ1v) is 7.68. The van der Waals surface area contributed by atoms with Crippen molar-refractivity contribution < 1.29 is 4.74 Å². The van der Waals surface area contributed by atoms with E-state index in [2.05, 4.69) is 69.1 Å². The average molecular weight is 276 g/mol. The maximum atomic E-state index is 6.02.